The monoisotopic (exact) mass is 340 g/mol. The Balaban J connectivity index is 2.97. The summed E-state index contributed by atoms with van der Waals surface area (Å²) < 4.78 is 71.3. The van der Waals surface area contributed by atoms with Gasteiger partial charge in [-0.2, -0.15) is 8.42 Å². The minimum Gasteiger partial charge on any atom is -0.466 e. The third-order valence-electron chi connectivity index (χ3n) is 2.55. The van der Waals surface area contributed by atoms with Crippen molar-refractivity contribution in [3.8, 4) is 0 Å². The molecule has 1 rings (SSSR count). The number of hydrogen-bond acceptors (Lipinski definition) is 5. The van der Waals surface area contributed by atoms with E-state index in [1.807, 2.05) is 0 Å². The molecule has 0 fully saturated rings. The lowest BCUT2D eigenvalue weighted by atomic mass is 10.0. The van der Waals surface area contributed by atoms with Gasteiger partial charge < -0.3 is 4.74 Å². The van der Waals surface area contributed by atoms with E-state index in [0.29, 0.717) is 12.1 Å². The molecule has 0 aliphatic heterocycles. The average Bonchev–Trinajstić information content (AvgIpc) is 2.34. The number of rotatable bonds is 7. The molecular weight excluding hydrogens is 325 g/mol. The zero-order valence-electron chi connectivity index (χ0n) is 11.9. The molecule has 1 atom stereocenters. The number of benzene rings is 1. The van der Waals surface area contributed by atoms with E-state index >= 15 is 0 Å². The highest BCUT2D eigenvalue weighted by Crippen LogP contribution is 2.18. The first-order valence-corrected chi connectivity index (χ1v) is 8.11. The maximum atomic E-state index is 13.6. The SMILES string of the molecule is CCOC(=O)CC(Cc1cc(F)c(F)cc1F)OS(C)(=O)=O. The van der Waals surface area contributed by atoms with Gasteiger partial charge in [0.2, 0.25) is 0 Å². The van der Waals surface area contributed by atoms with Gasteiger partial charge in [-0.3, -0.25) is 8.98 Å². The second kappa shape index (κ2) is 7.59. The summed E-state index contributed by atoms with van der Waals surface area (Å²) in [6, 6.07) is 0.932. The predicted octanol–water partition coefficient (Wildman–Crippen LogP) is 1.94. The minimum absolute atomic E-state index is 0.0734. The molecule has 0 radical (unpaired) electrons. The van der Waals surface area contributed by atoms with Crippen LogP contribution in [0.15, 0.2) is 12.1 Å². The number of hydrogen-bond donors (Lipinski definition) is 0. The molecule has 0 aliphatic carbocycles. The standard InChI is InChI=1S/C13H15F3O5S/c1-3-20-13(17)6-9(21-22(2,18)19)4-8-5-11(15)12(16)7-10(8)14/h5,7,9H,3-4,6H2,1-2H3. The summed E-state index contributed by atoms with van der Waals surface area (Å²) >= 11 is 0. The molecular formula is C13H15F3O5S. The van der Waals surface area contributed by atoms with E-state index in [2.05, 4.69) is 8.92 Å². The van der Waals surface area contributed by atoms with E-state index in [0.717, 1.165) is 6.26 Å². The molecule has 1 aromatic carbocycles. The second-order valence-electron chi connectivity index (χ2n) is 4.49. The Morgan fingerprint density at radius 1 is 1.18 bits per heavy atom. The van der Waals surface area contributed by atoms with Crippen molar-refractivity contribution < 1.29 is 35.3 Å². The molecule has 0 aromatic heterocycles. The van der Waals surface area contributed by atoms with Crippen molar-refractivity contribution in [1.29, 1.82) is 0 Å². The molecule has 1 aromatic rings. The summed E-state index contributed by atoms with van der Waals surface area (Å²) in [6.07, 6.45) is -1.44. The summed E-state index contributed by atoms with van der Waals surface area (Å²) in [5, 5.41) is 0. The Hall–Kier alpha value is -1.61. The summed E-state index contributed by atoms with van der Waals surface area (Å²) in [7, 11) is -3.93. The molecule has 0 bridgehead atoms. The lowest BCUT2D eigenvalue weighted by molar-refractivity contribution is -0.144. The van der Waals surface area contributed by atoms with Gasteiger partial charge >= 0.3 is 5.97 Å². The first kappa shape index (κ1) is 18.4. The largest absolute Gasteiger partial charge is 0.466 e. The normalized spacial score (nSPS) is 13.0. The smallest absolute Gasteiger partial charge is 0.308 e. The topological polar surface area (TPSA) is 69.7 Å². The third kappa shape index (κ3) is 6.02. The maximum Gasteiger partial charge on any atom is 0.308 e. The number of esters is 1. The summed E-state index contributed by atoms with van der Waals surface area (Å²) in [5.41, 5.74) is -0.308. The molecule has 0 heterocycles. The van der Waals surface area contributed by atoms with Crippen molar-refractivity contribution in [2.24, 2.45) is 0 Å². The number of ether oxygens (including phenoxy) is 1. The van der Waals surface area contributed by atoms with Crippen molar-refractivity contribution in [3.63, 3.8) is 0 Å². The fourth-order valence-electron chi connectivity index (χ4n) is 1.76. The molecule has 0 N–H and O–H groups in total. The molecule has 0 saturated carbocycles. The molecule has 0 saturated heterocycles. The molecule has 0 amide bonds. The van der Waals surface area contributed by atoms with Crippen LogP contribution in [0.25, 0.3) is 0 Å². The van der Waals surface area contributed by atoms with Gasteiger partial charge in [0.05, 0.1) is 25.4 Å². The average molecular weight is 340 g/mol. The van der Waals surface area contributed by atoms with Crippen LogP contribution in [0.1, 0.15) is 18.9 Å². The third-order valence-corrected chi connectivity index (χ3v) is 3.17. The fourth-order valence-corrected chi connectivity index (χ4v) is 2.39. The number of carbonyl (C=O) groups is 1. The summed E-state index contributed by atoms with van der Waals surface area (Å²) in [4.78, 5) is 11.4. The van der Waals surface area contributed by atoms with E-state index in [-0.39, 0.29) is 12.2 Å². The van der Waals surface area contributed by atoms with E-state index < -0.39 is 52.5 Å². The minimum atomic E-state index is -3.93. The Bertz CT molecular complexity index is 645. The van der Waals surface area contributed by atoms with Gasteiger partial charge in [-0.25, -0.2) is 13.2 Å². The molecule has 9 heteroatoms. The predicted molar refractivity (Wildman–Crippen MR) is 71.0 cm³/mol. The first-order chi connectivity index (χ1) is 10.1. The van der Waals surface area contributed by atoms with Crippen molar-refractivity contribution in [3.05, 3.63) is 35.1 Å². The summed E-state index contributed by atoms with van der Waals surface area (Å²) in [5.74, 6) is -4.47. The van der Waals surface area contributed by atoms with Gasteiger partial charge in [0.25, 0.3) is 10.1 Å². The van der Waals surface area contributed by atoms with Crippen molar-refractivity contribution in [2.45, 2.75) is 25.9 Å². The van der Waals surface area contributed by atoms with Crippen LogP contribution in [0.2, 0.25) is 0 Å². The van der Waals surface area contributed by atoms with Gasteiger partial charge in [0.15, 0.2) is 11.6 Å². The highest BCUT2D eigenvalue weighted by molar-refractivity contribution is 7.86. The van der Waals surface area contributed by atoms with E-state index in [1.54, 1.807) is 6.92 Å². The quantitative estimate of drug-likeness (QED) is 0.431. The summed E-state index contributed by atoms with van der Waals surface area (Å²) in [6.45, 7) is 1.63. The van der Waals surface area contributed by atoms with Gasteiger partial charge in [0, 0.05) is 12.5 Å². The van der Waals surface area contributed by atoms with Crippen LogP contribution in [0.3, 0.4) is 0 Å². The highest BCUT2D eigenvalue weighted by Gasteiger charge is 2.23. The maximum absolute atomic E-state index is 13.6. The Kier molecular flexibility index (Phi) is 6.36. The van der Waals surface area contributed by atoms with Crippen molar-refractivity contribution in [1.82, 2.24) is 0 Å². The lowest BCUT2D eigenvalue weighted by Gasteiger charge is -2.16. The Morgan fingerprint density at radius 2 is 1.77 bits per heavy atom. The second-order valence-corrected chi connectivity index (χ2v) is 6.09. The van der Waals surface area contributed by atoms with E-state index in [4.69, 9.17) is 0 Å². The van der Waals surface area contributed by atoms with Crippen molar-refractivity contribution in [2.75, 3.05) is 12.9 Å². The van der Waals surface area contributed by atoms with Gasteiger partial charge in [0.1, 0.15) is 5.82 Å². The number of halogens is 3. The van der Waals surface area contributed by atoms with Crippen molar-refractivity contribution >= 4 is 16.1 Å². The van der Waals surface area contributed by atoms with Crippen LogP contribution in [0, 0.1) is 17.5 Å². The van der Waals surface area contributed by atoms with Crippen LogP contribution < -0.4 is 0 Å². The first-order valence-electron chi connectivity index (χ1n) is 6.29. The molecule has 1 unspecified atom stereocenters. The fraction of sp³-hybridized carbons (Fsp3) is 0.462. The van der Waals surface area contributed by atoms with Gasteiger partial charge in [-0.15, -0.1) is 0 Å². The molecule has 0 aliphatic rings. The van der Waals surface area contributed by atoms with E-state index in [1.165, 1.54) is 0 Å². The molecule has 0 spiro atoms. The van der Waals surface area contributed by atoms with Crippen LogP contribution >= 0.6 is 0 Å². The van der Waals surface area contributed by atoms with Crippen LogP contribution in [-0.4, -0.2) is 33.4 Å². The van der Waals surface area contributed by atoms with Gasteiger partial charge in [-0.1, -0.05) is 0 Å². The van der Waals surface area contributed by atoms with E-state index in [9.17, 15) is 26.4 Å². The van der Waals surface area contributed by atoms with Crippen LogP contribution in [0.5, 0.6) is 0 Å². The zero-order valence-corrected chi connectivity index (χ0v) is 12.8. The molecule has 22 heavy (non-hydrogen) atoms. The number of carbonyl (C=O) groups excluding carboxylic acids is 1. The van der Waals surface area contributed by atoms with Crippen LogP contribution in [-0.2, 0) is 30.3 Å². The highest BCUT2D eigenvalue weighted by atomic mass is 32.2. The van der Waals surface area contributed by atoms with Gasteiger partial charge in [-0.05, 0) is 18.6 Å². The molecule has 5 nitrogen and oxygen atoms in total. The Labute approximate surface area is 126 Å². The zero-order chi connectivity index (χ0) is 16.9. The lowest BCUT2D eigenvalue weighted by Crippen LogP contribution is -2.25. The Morgan fingerprint density at radius 3 is 2.32 bits per heavy atom. The van der Waals surface area contributed by atoms with Crippen LogP contribution in [0.4, 0.5) is 13.2 Å². The molecule has 124 valence electrons.